The number of anilines is 1. The van der Waals surface area contributed by atoms with Crippen molar-refractivity contribution in [1.82, 2.24) is 9.71 Å². The fraction of sp³-hybridized carbons (Fsp3) is 0.583. The number of nitrogens with one attached hydrogen (secondary N) is 1. The molecule has 2 unspecified atom stereocenters. The zero-order chi connectivity index (χ0) is 13.9. The van der Waals surface area contributed by atoms with Gasteiger partial charge in [-0.1, -0.05) is 12.8 Å². The predicted molar refractivity (Wildman–Crippen MR) is 78.5 cm³/mol. The Kier molecular flexibility index (Phi) is 4.70. The molecule has 1 aromatic heterocycles. The van der Waals surface area contributed by atoms with E-state index < -0.39 is 10.0 Å². The molecule has 0 saturated heterocycles. The summed E-state index contributed by atoms with van der Waals surface area (Å²) in [6.07, 6.45) is 7.67. The highest BCUT2D eigenvalue weighted by molar-refractivity contribution is 7.99. The highest BCUT2D eigenvalue weighted by Crippen LogP contribution is 2.28. The monoisotopic (exact) mass is 301 g/mol. The molecule has 0 aliphatic heterocycles. The third kappa shape index (κ3) is 3.40. The molecule has 5 nitrogen and oxygen atoms in total. The van der Waals surface area contributed by atoms with Crippen LogP contribution >= 0.6 is 11.8 Å². The van der Waals surface area contributed by atoms with Crippen LogP contribution in [0.25, 0.3) is 0 Å². The van der Waals surface area contributed by atoms with E-state index in [0.29, 0.717) is 5.25 Å². The van der Waals surface area contributed by atoms with Gasteiger partial charge < -0.3 is 5.73 Å². The third-order valence-electron chi connectivity index (χ3n) is 3.40. The molecule has 106 valence electrons. The van der Waals surface area contributed by atoms with E-state index in [1.165, 1.54) is 18.7 Å². The molecule has 1 saturated carbocycles. The molecule has 0 aromatic carbocycles. The molecule has 2 atom stereocenters. The van der Waals surface area contributed by atoms with Crippen LogP contribution in [0.5, 0.6) is 0 Å². The van der Waals surface area contributed by atoms with Gasteiger partial charge in [-0.15, -0.1) is 0 Å². The first-order chi connectivity index (χ1) is 9.04. The summed E-state index contributed by atoms with van der Waals surface area (Å²) in [5.74, 6) is 0.0477. The number of nitrogens with zero attached hydrogens (tertiary/aromatic N) is 1. The van der Waals surface area contributed by atoms with Crippen LogP contribution < -0.4 is 10.5 Å². The second-order valence-electron chi connectivity index (χ2n) is 4.67. The maximum Gasteiger partial charge on any atom is 0.244 e. The van der Waals surface area contributed by atoms with E-state index in [2.05, 4.69) is 9.71 Å². The van der Waals surface area contributed by atoms with Crippen molar-refractivity contribution in [2.24, 2.45) is 0 Å². The summed E-state index contributed by atoms with van der Waals surface area (Å²) in [4.78, 5) is 3.90. The second-order valence-corrected chi connectivity index (χ2v) is 7.43. The fourth-order valence-electron chi connectivity index (χ4n) is 2.41. The molecule has 19 heavy (non-hydrogen) atoms. The van der Waals surface area contributed by atoms with Crippen LogP contribution in [0.1, 0.15) is 25.7 Å². The molecule has 0 spiro atoms. The largest absolute Gasteiger partial charge is 0.383 e. The number of pyridine rings is 1. The predicted octanol–water partition coefficient (Wildman–Crippen LogP) is 1.62. The molecule has 1 aromatic rings. The highest BCUT2D eigenvalue weighted by Gasteiger charge is 2.29. The van der Waals surface area contributed by atoms with E-state index in [1.807, 2.05) is 6.26 Å². The van der Waals surface area contributed by atoms with Gasteiger partial charge in [-0.05, 0) is 31.2 Å². The first-order valence-electron chi connectivity index (χ1n) is 6.30. The Bertz CT molecular complexity index is 534. The van der Waals surface area contributed by atoms with Gasteiger partial charge in [0.25, 0.3) is 0 Å². The maximum atomic E-state index is 12.3. The number of aromatic nitrogens is 1. The number of rotatable bonds is 4. The van der Waals surface area contributed by atoms with Crippen LogP contribution in [-0.2, 0) is 10.0 Å². The van der Waals surface area contributed by atoms with Crippen molar-refractivity contribution < 1.29 is 8.42 Å². The number of hydrogen-bond donors (Lipinski definition) is 2. The first-order valence-corrected chi connectivity index (χ1v) is 9.07. The Balaban J connectivity index is 2.19. The van der Waals surface area contributed by atoms with Gasteiger partial charge in [-0.25, -0.2) is 18.1 Å². The Labute approximate surface area is 118 Å². The van der Waals surface area contributed by atoms with Gasteiger partial charge in [0.15, 0.2) is 0 Å². The van der Waals surface area contributed by atoms with E-state index in [-0.39, 0.29) is 16.8 Å². The third-order valence-corrected chi connectivity index (χ3v) is 6.11. The van der Waals surface area contributed by atoms with E-state index >= 15 is 0 Å². The molecule has 7 heteroatoms. The molecule has 0 bridgehead atoms. The van der Waals surface area contributed by atoms with Crippen LogP contribution in [0.4, 0.5) is 5.82 Å². The first kappa shape index (κ1) is 14.6. The number of nitrogen functional groups attached to an aromatic ring is 1. The van der Waals surface area contributed by atoms with Crippen molar-refractivity contribution in [3.63, 3.8) is 0 Å². The standard InChI is InChI=1S/C12H19N3O2S2/c1-18-10-6-3-2-5-9(10)15-19(16,17)11-7-4-8-14-12(11)13/h4,7-10,15H,2-3,5-6H2,1H3,(H2,13,14). The van der Waals surface area contributed by atoms with Gasteiger partial charge in [0.2, 0.25) is 10.0 Å². The minimum absolute atomic E-state index is 0.0200. The van der Waals surface area contributed by atoms with Crippen molar-refractivity contribution in [2.75, 3.05) is 12.0 Å². The van der Waals surface area contributed by atoms with E-state index in [4.69, 9.17) is 5.73 Å². The topological polar surface area (TPSA) is 85.1 Å². The Morgan fingerprint density at radius 3 is 2.84 bits per heavy atom. The van der Waals surface area contributed by atoms with Crippen molar-refractivity contribution in [3.05, 3.63) is 18.3 Å². The van der Waals surface area contributed by atoms with Crippen LogP contribution in [0.2, 0.25) is 0 Å². The van der Waals surface area contributed by atoms with Crippen LogP contribution in [0, 0.1) is 0 Å². The van der Waals surface area contributed by atoms with E-state index in [9.17, 15) is 8.42 Å². The summed E-state index contributed by atoms with van der Waals surface area (Å²) in [5, 5.41) is 0.335. The SMILES string of the molecule is CSC1CCCCC1NS(=O)(=O)c1cccnc1N. The lowest BCUT2D eigenvalue weighted by Gasteiger charge is -2.30. The molecule has 0 radical (unpaired) electrons. The Morgan fingerprint density at radius 1 is 1.42 bits per heavy atom. The molecule has 0 amide bonds. The molecular weight excluding hydrogens is 282 g/mol. The Morgan fingerprint density at radius 2 is 2.16 bits per heavy atom. The smallest absolute Gasteiger partial charge is 0.244 e. The lowest BCUT2D eigenvalue weighted by atomic mass is 9.96. The summed E-state index contributed by atoms with van der Waals surface area (Å²) >= 11 is 1.72. The lowest BCUT2D eigenvalue weighted by molar-refractivity contribution is 0.423. The fourth-order valence-corrected chi connectivity index (χ4v) is 4.82. The highest BCUT2D eigenvalue weighted by atomic mass is 32.2. The van der Waals surface area contributed by atoms with Gasteiger partial charge in [-0.3, -0.25) is 0 Å². The lowest BCUT2D eigenvalue weighted by Crippen LogP contribution is -2.43. The number of thioether (sulfide) groups is 1. The van der Waals surface area contributed by atoms with Crippen LogP contribution in [0.15, 0.2) is 23.2 Å². The summed E-state index contributed by atoms with van der Waals surface area (Å²) in [6.45, 7) is 0. The minimum Gasteiger partial charge on any atom is -0.383 e. The quantitative estimate of drug-likeness (QED) is 0.882. The second kappa shape index (κ2) is 6.11. The normalized spacial score (nSPS) is 24.3. The van der Waals surface area contributed by atoms with E-state index in [0.717, 1.165) is 19.3 Å². The van der Waals surface area contributed by atoms with Crippen molar-refractivity contribution in [2.45, 2.75) is 41.9 Å². The van der Waals surface area contributed by atoms with Crippen LogP contribution in [-0.4, -0.2) is 30.9 Å². The van der Waals surface area contributed by atoms with Crippen LogP contribution in [0.3, 0.4) is 0 Å². The molecule has 1 aliphatic rings. The van der Waals surface area contributed by atoms with Gasteiger partial charge in [-0.2, -0.15) is 11.8 Å². The molecule has 2 rings (SSSR count). The Hall–Kier alpha value is -0.790. The minimum atomic E-state index is -3.58. The van der Waals surface area contributed by atoms with Gasteiger partial charge >= 0.3 is 0 Å². The molecular formula is C12H19N3O2S2. The summed E-state index contributed by atoms with van der Waals surface area (Å²) in [6, 6.07) is 3.05. The zero-order valence-electron chi connectivity index (χ0n) is 10.9. The maximum absolute atomic E-state index is 12.3. The number of nitrogens with two attached hydrogens (primary N) is 1. The summed E-state index contributed by atoms with van der Waals surface area (Å²) in [7, 11) is -3.58. The van der Waals surface area contributed by atoms with Crippen molar-refractivity contribution >= 4 is 27.6 Å². The molecule has 1 heterocycles. The molecule has 1 aliphatic carbocycles. The van der Waals surface area contributed by atoms with Crippen molar-refractivity contribution in [1.29, 1.82) is 0 Å². The number of hydrogen-bond acceptors (Lipinski definition) is 5. The average molecular weight is 301 g/mol. The summed E-state index contributed by atoms with van der Waals surface area (Å²) in [5.41, 5.74) is 5.64. The van der Waals surface area contributed by atoms with Gasteiger partial charge in [0.05, 0.1) is 0 Å². The average Bonchev–Trinajstić information content (AvgIpc) is 2.39. The molecule has 1 fully saturated rings. The van der Waals surface area contributed by atoms with Crippen molar-refractivity contribution in [3.8, 4) is 0 Å². The summed E-state index contributed by atoms with van der Waals surface area (Å²) < 4.78 is 27.5. The molecule has 3 N–H and O–H groups in total. The van der Waals surface area contributed by atoms with Gasteiger partial charge in [0, 0.05) is 17.5 Å². The zero-order valence-corrected chi connectivity index (χ0v) is 12.5. The van der Waals surface area contributed by atoms with Gasteiger partial charge in [0.1, 0.15) is 10.7 Å². The number of sulfonamides is 1. The van der Waals surface area contributed by atoms with E-state index in [1.54, 1.807) is 17.8 Å².